The first-order valence-corrected chi connectivity index (χ1v) is 42.9. The first kappa shape index (κ1) is 78.4. The van der Waals surface area contributed by atoms with Crippen molar-refractivity contribution in [3.8, 4) is 39.6 Å². The fourth-order valence-corrected chi connectivity index (χ4v) is 20.3. The summed E-state index contributed by atoms with van der Waals surface area (Å²) in [7, 11) is 8.69. The number of nitrogens with zero attached hydrogens (tertiary/aromatic N) is 8. The zero-order valence-electron chi connectivity index (χ0n) is 72.0. The van der Waals surface area contributed by atoms with Crippen LogP contribution in [0.3, 0.4) is 0 Å². The molecule has 19 rings (SSSR count). The number of imidazole rings is 4. The summed E-state index contributed by atoms with van der Waals surface area (Å²) >= 11 is 1.94. The van der Waals surface area contributed by atoms with Crippen molar-refractivity contribution >= 4 is 113 Å². The molecule has 584 valence electrons. The van der Waals surface area contributed by atoms with Crippen LogP contribution in [0.1, 0.15) is 168 Å². The van der Waals surface area contributed by atoms with E-state index in [1.807, 2.05) is 11.3 Å². The summed E-state index contributed by atoms with van der Waals surface area (Å²) in [5, 5.41) is 14.7. The summed E-state index contributed by atoms with van der Waals surface area (Å²) < 4.78 is 21.8. The Morgan fingerprint density at radius 1 is 0.379 bits per heavy atom. The standard InChI is InChI=1S/C31H35N2.C29H31N2S.C29H31N2.C18H17N2/c1-20(2)17-23-12-10-13-24(18-21(3)4)30(23)28-19-32(6)31-29-22(5)11-9-15-26(29)25-14-7-8-16-27(25)33(28)31;1-18(2)23-17-24-22-13-9-10-14-25(22)32-28(24)26(19(3)4)27(23)31-16-15-30(6)29(31)21-12-8-7-11-20(21)5;1-18(2)21-13-10-14-22(19(3)4)28(21)26-17-30(6)29-27-20(5)11-9-15-24(27)23-12-7-8-16-25(23)31(26)29;1-12-7-6-9-15-14-8-4-5-10-16(14)20-11-13(2)19(3)18(20)17(12)15/h7-16,19-21H,17-18H2,1-6H3;7-19H,1-6H3;7-19H,1-6H3;4-11H,1-3H3/q4*+1. The predicted molar refractivity (Wildman–Crippen MR) is 494 cm³/mol. The van der Waals surface area contributed by atoms with Crippen LogP contribution in [0.5, 0.6) is 0 Å². The molecule has 0 aliphatic heterocycles. The van der Waals surface area contributed by atoms with Gasteiger partial charge in [-0.1, -0.05) is 265 Å². The molecule has 0 atom stereocenters. The minimum Gasteiger partial charge on any atom is -0.232 e. The van der Waals surface area contributed by atoms with Crippen molar-refractivity contribution in [2.75, 3.05) is 0 Å². The number of hydrogen-bond donors (Lipinski definition) is 0. The summed E-state index contributed by atoms with van der Waals surface area (Å²) in [6, 6.07) is 80.1. The summed E-state index contributed by atoms with van der Waals surface area (Å²) in [5.74, 6) is 4.19. The Bertz CT molecular complexity index is 6980. The number of thiophene rings is 1. The predicted octanol–water partition coefficient (Wildman–Crippen LogP) is 26.3. The van der Waals surface area contributed by atoms with Gasteiger partial charge in [0.1, 0.15) is 58.9 Å². The maximum absolute atomic E-state index is 2.52. The van der Waals surface area contributed by atoms with Gasteiger partial charge in [0.15, 0.2) is 11.4 Å². The maximum atomic E-state index is 2.52. The third-order valence-electron chi connectivity index (χ3n) is 24.3. The van der Waals surface area contributed by atoms with E-state index in [1.54, 1.807) is 0 Å². The highest BCUT2D eigenvalue weighted by Crippen LogP contribution is 2.47. The summed E-state index contributed by atoms with van der Waals surface area (Å²) in [5.41, 5.74) is 30.8. The molecule has 19 aromatic rings. The van der Waals surface area contributed by atoms with Crippen LogP contribution in [-0.4, -0.2) is 17.9 Å². The lowest BCUT2D eigenvalue weighted by Gasteiger charge is -2.19. The maximum Gasteiger partial charge on any atom is 0.295 e. The van der Waals surface area contributed by atoms with E-state index in [4.69, 9.17) is 0 Å². The first-order valence-electron chi connectivity index (χ1n) is 42.1. The molecule has 9 heteroatoms. The molecule has 0 fully saturated rings. The number of para-hydroxylation sites is 3. The van der Waals surface area contributed by atoms with Crippen molar-refractivity contribution in [2.45, 2.75) is 154 Å². The smallest absolute Gasteiger partial charge is 0.232 e. The lowest BCUT2D eigenvalue weighted by atomic mass is 9.87. The fraction of sp³-hybridized carbons (Fsp3) is 0.271. The lowest BCUT2D eigenvalue weighted by molar-refractivity contribution is -0.659. The third kappa shape index (κ3) is 13.6. The second-order valence-electron chi connectivity index (χ2n) is 34.8. The number of fused-ring (bicyclic) bond motifs is 21. The number of rotatable bonds is 12. The first-order chi connectivity index (χ1) is 55.8. The molecule has 0 amide bonds. The van der Waals surface area contributed by atoms with Gasteiger partial charge >= 0.3 is 0 Å². The van der Waals surface area contributed by atoms with Crippen LogP contribution in [0.15, 0.2) is 249 Å². The number of pyridine rings is 3. The number of aryl methyl sites for hydroxylation is 9. The highest BCUT2D eigenvalue weighted by molar-refractivity contribution is 7.26. The summed E-state index contributed by atoms with van der Waals surface area (Å²) in [4.78, 5) is 0. The quantitative estimate of drug-likeness (QED) is 0.0863. The van der Waals surface area contributed by atoms with Crippen molar-refractivity contribution < 1.29 is 18.1 Å². The van der Waals surface area contributed by atoms with E-state index in [0.717, 1.165) is 12.8 Å². The molecule has 0 aliphatic rings. The lowest BCUT2D eigenvalue weighted by Crippen LogP contribution is -2.29. The van der Waals surface area contributed by atoms with Crippen molar-refractivity contribution in [3.05, 3.63) is 311 Å². The normalized spacial score (nSPS) is 12.0. The minimum absolute atomic E-state index is 0.414. The SMILES string of the molecule is Cc1cccc2c3ccccc3[n+]3cc(C)n(C)c3c12.Cc1cccc2c3ccccc3n3c(-c4c(C(C)C)cccc4C(C)C)c[n+](C)c3c12.Cc1cccc2c3ccccc3n3c(-c4c(CC(C)C)cccc4CC(C)C)c[n+](C)c3c12.Cc1ccccc1-c1n(-c2c(C(C)C)cc3c(sc4ccccc43)c2C(C)C)cc[n+]1C. The van der Waals surface area contributed by atoms with Crippen molar-refractivity contribution in [3.63, 3.8) is 0 Å². The molecular formula is C107H114N8S+4. The number of aromatic nitrogens is 8. The molecule has 8 heterocycles. The van der Waals surface area contributed by atoms with Crippen LogP contribution in [0.4, 0.5) is 0 Å². The van der Waals surface area contributed by atoms with Gasteiger partial charge in [-0.15, -0.1) is 11.3 Å². The minimum atomic E-state index is 0.414. The molecule has 0 saturated carbocycles. The molecule has 0 bridgehead atoms. The Hall–Kier alpha value is -11.5. The van der Waals surface area contributed by atoms with Gasteiger partial charge in [0.05, 0.1) is 49.9 Å². The molecule has 0 saturated heterocycles. The van der Waals surface area contributed by atoms with Crippen LogP contribution in [0.2, 0.25) is 0 Å². The van der Waals surface area contributed by atoms with Crippen LogP contribution in [-0.2, 0) is 41.0 Å². The zero-order chi connectivity index (χ0) is 81.6. The summed E-state index contributed by atoms with van der Waals surface area (Å²) in [6.07, 6.45) is 13.5. The molecule has 8 nitrogen and oxygen atoms in total. The van der Waals surface area contributed by atoms with Crippen molar-refractivity contribution in [1.82, 2.24) is 17.9 Å². The van der Waals surface area contributed by atoms with Gasteiger partial charge in [-0.05, 0) is 157 Å². The summed E-state index contributed by atoms with van der Waals surface area (Å²) in [6.45, 7) is 38.8. The Kier molecular flexibility index (Phi) is 21.3. The second-order valence-corrected chi connectivity index (χ2v) is 35.9. The molecule has 11 aromatic carbocycles. The molecule has 0 spiro atoms. The van der Waals surface area contributed by atoms with E-state index >= 15 is 0 Å². The molecule has 8 aromatic heterocycles. The Morgan fingerprint density at radius 3 is 1.34 bits per heavy atom. The van der Waals surface area contributed by atoms with Crippen molar-refractivity contribution in [1.29, 1.82) is 0 Å². The van der Waals surface area contributed by atoms with Gasteiger partial charge in [-0.3, -0.25) is 0 Å². The largest absolute Gasteiger partial charge is 0.295 e. The molecule has 0 aliphatic carbocycles. The molecule has 0 unspecified atom stereocenters. The van der Waals surface area contributed by atoms with Crippen LogP contribution < -0.4 is 18.1 Å². The fourth-order valence-electron chi connectivity index (χ4n) is 19.0. The zero-order valence-corrected chi connectivity index (χ0v) is 72.9. The van der Waals surface area contributed by atoms with Gasteiger partial charge in [0.2, 0.25) is 0 Å². The van der Waals surface area contributed by atoms with Gasteiger partial charge in [0, 0.05) is 81.7 Å². The number of benzene rings is 11. The van der Waals surface area contributed by atoms with E-state index in [2.05, 4.69) is 431 Å². The average molecular weight is 1540 g/mol. The van der Waals surface area contributed by atoms with E-state index in [-0.39, 0.29) is 0 Å². The van der Waals surface area contributed by atoms with Crippen molar-refractivity contribution in [2.24, 2.45) is 40.0 Å². The van der Waals surface area contributed by atoms with Gasteiger partial charge < -0.3 is 0 Å². The van der Waals surface area contributed by atoms with E-state index < -0.39 is 0 Å². The molecular weight excluding hydrogens is 1430 g/mol. The Morgan fingerprint density at radius 2 is 0.819 bits per heavy atom. The van der Waals surface area contributed by atoms with E-state index in [1.165, 1.54) is 203 Å². The Balaban J connectivity index is 0.000000118. The average Bonchev–Trinajstić information content (AvgIpc) is 1.52. The molecule has 0 radical (unpaired) electrons. The van der Waals surface area contributed by atoms with Crippen LogP contribution in [0, 0.1) is 46.5 Å². The van der Waals surface area contributed by atoms with E-state index in [9.17, 15) is 0 Å². The highest BCUT2D eigenvalue weighted by atomic mass is 32.1. The van der Waals surface area contributed by atoms with Gasteiger partial charge in [-0.2, -0.15) is 17.8 Å². The Labute approximate surface area is 689 Å². The van der Waals surface area contributed by atoms with Gasteiger partial charge in [-0.25, -0.2) is 18.3 Å². The third-order valence-corrected chi connectivity index (χ3v) is 25.5. The molecule has 116 heavy (non-hydrogen) atoms. The van der Waals surface area contributed by atoms with Crippen LogP contribution >= 0.6 is 11.3 Å². The van der Waals surface area contributed by atoms with E-state index in [0.29, 0.717) is 35.5 Å². The number of hydrogen-bond acceptors (Lipinski definition) is 1. The monoisotopic (exact) mass is 1540 g/mol. The second kappa shape index (κ2) is 31.6. The highest BCUT2D eigenvalue weighted by Gasteiger charge is 2.33. The van der Waals surface area contributed by atoms with Gasteiger partial charge in [0.25, 0.3) is 22.8 Å². The topological polar surface area (TPSA) is 34.4 Å². The molecule has 0 N–H and O–H groups in total. The van der Waals surface area contributed by atoms with Crippen LogP contribution in [0.25, 0.3) is 142 Å².